The summed E-state index contributed by atoms with van der Waals surface area (Å²) in [6.45, 7) is 4.30. The van der Waals surface area contributed by atoms with Gasteiger partial charge in [-0.3, -0.25) is 4.90 Å². The maximum Gasteiger partial charge on any atom is 0.252 e. The molecule has 3 nitrogen and oxygen atoms in total. The lowest BCUT2D eigenvalue weighted by Crippen LogP contribution is -2.55. The zero-order chi connectivity index (χ0) is 14.2. The fourth-order valence-electron chi connectivity index (χ4n) is 3.03. The van der Waals surface area contributed by atoms with E-state index in [1.807, 2.05) is 24.3 Å². The van der Waals surface area contributed by atoms with Gasteiger partial charge in [-0.25, -0.2) is 8.78 Å². The number of nitrogens with zero attached hydrogens (tertiary/aromatic N) is 1. The summed E-state index contributed by atoms with van der Waals surface area (Å²) in [4.78, 5) is 2.33. The molecule has 1 aromatic carbocycles. The van der Waals surface area contributed by atoms with Crippen LogP contribution in [0.15, 0.2) is 24.3 Å². The number of benzene rings is 1. The summed E-state index contributed by atoms with van der Waals surface area (Å²) < 4.78 is 31.3. The summed E-state index contributed by atoms with van der Waals surface area (Å²) in [7, 11) is 0. The van der Waals surface area contributed by atoms with Crippen molar-refractivity contribution >= 4 is 0 Å². The first-order chi connectivity index (χ1) is 9.47. The lowest BCUT2D eigenvalue weighted by atomic mass is 9.70. The van der Waals surface area contributed by atoms with Crippen LogP contribution in [0.25, 0.3) is 0 Å². The lowest BCUT2D eigenvalue weighted by Gasteiger charge is -2.45. The van der Waals surface area contributed by atoms with E-state index in [-0.39, 0.29) is 12.8 Å². The molecule has 1 aliphatic carbocycles. The van der Waals surface area contributed by atoms with Gasteiger partial charge in [0.25, 0.3) is 5.92 Å². The molecule has 1 aromatic rings. The predicted molar refractivity (Wildman–Crippen MR) is 72.6 cm³/mol. The fourth-order valence-corrected chi connectivity index (χ4v) is 3.03. The highest BCUT2D eigenvalue weighted by molar-refractivity contribution is 5.31. The number of ether oxygens (including phenoxy) is 1. The molecule has 0 aromatic heterocycles. The molecule has 2 fully saturated rings. The Morgan fingerprint density at radius 2 is 1.70 bits per heavy atom. The van der Waals surface area contributed by atoms with Gasteiger partial charge in [0.15, 0.2) is 0 Å². The van der Waals surface area contributed by atoms with Gasteiger partial charge in [-0.15, -0.1) is 0 Å². The molecule has 1 heterocycles. The average molecular weight is 282 g/mol. The van der Waals surface area contributed by atoms with E-state index in [1.54, 1.807) is 0 Å². The van der Waals surface area contributed by atoms with Crippen molar-refractivity contribution in [3.63, 3.8) is 0 Å². The largest absolute Gasteiger partial charge is 0.379 e. The molecule has 5 heteroatoms. The van der Waals surface area contributed by atoms with Crippen LogP contribution in [0, 0.1) is 0 Å². The summed E-state index contributed by atoms with van der Waals surface area (Å²) >= 11 is 0. The Morgan fingerprint density at radius 3 is 2.25 bits per heavy atom. The fraction of sp³-hybridized carbons (Fsp3) is 0.600. The van der Waals surface area contributed by atoms with E-state index in [1.165, 1.54) is 5.56 Å². The Kier molecular flexibility index (Phi) is 3.52. The van der Waals surface area contributed by atoms with Crippen molar-refractivity contribution in [2.24, 2.45) is 5.73 Å². The highest BCUT2D eigenvalue weighted by Crippen LogP contribution is 2.49. The molecule has 20 heavy (non-hydrogen) atoms. The van der Waals surface area contributed by atoms with E-state index >= 15 is 0 Å². The van der Waals surface area contributed by atoms with Crippen molar-refractivity contribution in [2.75, 3.05) is 26.3 Å². The Bertz CT molecular complexity index is 461. The lowest BCUT2D eigenvalue weighted by molar-refractivity contribution is -0.125. The van der Waals surface area contributed by atoms with Crippen LogP contribution in [-0.4, -0.2) is 37.1 Å². The molecule has 2 aliphatic rings. The predicted octanol–water partition coefficient (Wildman–Crippen LogP) is 2.10. The van der Waals surface area contributed by atoms with Crippen LogP contribution in [0.4, 0.5) is 8.78 Å². The molecule has 0 amide bonds. The first-order valence-corrected chi connectivity index (χ1v) is 7.03. The normalized spacial score (nSPS) is 25.1. The van der Waals surface area contributed by atoms with E-state index in [9.17, 15) is 8.78 Å². The Labute approximate surface area is 117 Å². The second-order valence-electron chi connectivity index (χ2n) is 5.95. The standard InChI is InChI=1S/C15H20F2N2O/c16-15(17)10-14(18,11-15)13-3-1-12(2-4-13)9-19-5-7-20-8-6-19/h1-4H,5-11,18H2. The highest BCUT2D eigenvalue weighted by atomic mass is 19.3. The van der Waals surface area contributed by atoms with Crippen molar-refractivity contribution < 1.29 is 13.5 Å². The molecule has 0 spiro atoms. The minimum Gasteiger partial charge on any atom is -0.379 e. The number of hydrogen-bond acceptors (Lipinski definition) is 3. The van der Waals surface area contributed by atoms with Crippen molar-refractivity contribution in [1.29, 1.82) is 0 Å². The topological polar surface area (TPSA) is 38.5 Å². The molecule has 1 aliphatic heterocycles. The van der Waals surface area contributed by atoms with Crippen LogP contribution >= 0.6 is 0 Å². The molecule has 3 rings (SSSR count). The first-order valence-electron chi connectivity index (χ1n) is 7.03. The third kappa shape index (κ3) is 2.85. The van der Waals surface area contributed by atoms with Crippen molar-refractivity contribution in [2.45, 2.75) is 30.8 Å². The van der Waals surface area contributed by atoms with Crippen LogP contribution in [0.3, 0.4) is 0 Å². The summed E-state index contributed by atoms with van der Waals surface area (Å²) in [5, 5.41) is 0. The van der Waals surface area contributed by atoms with E-state index < -0.39 is 11.5 Å². The van der Waals surface area contributed by atoms with Gasteiger partial charge in [0, 0.05) is 32.5 Å². The average Bonchev–Trinajstić information content (AvgIpc) is 2.38. The Balaban J connectivity index is 1.63. The third-order valence-electron chi connectivity index (χ3n) is 4.19. The van der Waals surface area contributed by atoms with E-state index in [4.69, 9.17) is 10.5 Å². The zero-order valence-electron chi connectivity index (χ0n) is 11.4. The smallest absolute Gasteiger partial charge is 0.252 e. The maximum atomic E-state index is 13.0. The Morgan fingerprint density at radius 1 is 1.10 bits per heavy atom. The summed E-state index contributed by atoms with van der Waals surface area (Å²) in [5.41, 5.74) is 7.18. The van der Waals surface area contributed by atoms with Gasteiger partial charge in [-0.1, -0.05) is 24.3 Å². The first kappa shape index (κ1) is 13.9. The molecular formula is C15H20F2N2O. The van der Waals surface area contributed by atoms with Gasteiger partial charge in [0.05, 0.1) is 18.8 Å². The van der Waals surface area contributed by atoms with Gasteiger partial charge in [0.1, 0.15) is 0 Å². The van der Waals surface area contributed by atoms with Crippen molar-refractivity contribution in [1.82, 2.24) is 4.90 Å². The number of rotatable bonds is 3. The van der Waals surface area contributed by atoms with Crippen LogP contribution in [0.5, 0.6) is 0 Å². The molecule has 110 valence electrons. The quantitative estimate of drug-likeness (QED) is 0.922. The highest BCUT2D eigenvalue weighted by Gasteiger charge is 2.55. The molecule has 0 bridgehead atoms. The van der Waals surface area contributed by atoms with Crippen LogP contribution in [0.1, 0.15) is 24.0 Å². The molecule has 2 N–H and O–H groups in total. The zero-order valence-corrected chi connectivity index (χ0v) is 11.4. The molecule has 0 radical (unpaired) electrons. The van der Waals surface area contributed by atoms with Gasteiger partial charge in [-0.05, 0) is 11.1 Å². The Hall–Kier alpha value is -1.04. The molecular weight excluding hydrogens is 262 g/mol. The number of nitrogens with two attached hydrogens (primary N) is 1. The van der Waals surface area contributed by atoms with Crippen molar-refractivity contribution in [3.8, 4) is 0 Å². The molecule has 0 unspecified atom stereocenters. The maximum absolute atomic E-state index is 13.0. The van der Waals surface area contributed by atoms with E-state index in [2.05, 4.69) is 4.90 Å². The SMILES string of the molecule is NC1(c2ccc(CN3CCOCC3)cc2)CC(F)(F)C1. The summed E-state index contributed by atoms with van der Waals surface area (Å²) in [6, 6.07) is 7.78. The van der Waals surface area contributed by atoms with Gasteiger partial charge >= 0.3 is 0 Å². The molecule has 1 saturated heterocycles. The number of hydrogen-bond donors (Lipinski definition) is 1. The minimum absolute atomic E-state index is 0.247. The number of alkyl halides is 2. The van der Waals surface area contributed by atoms with Gasteiger partial charge in [-0.2, -0.15) is 0 Å². The minimum atomic E-state index is -2.60. The van der Waals surface area contributed by atoms with Crippen LogP contribution in [-0.2, 0) is 16.8 Å². The summed E-state index contributed by atoms with van der Waals surface area (Å²) in [5.74, 6) is -2.60. The number of halogens is 2. The second kappa shape index (κ2) is 5.06. The van der Waals surface area contributed by atoms with Gasteiger partial charge < -0.3 is 10.5 Å². The van der Waals surface area contributed by atoms with Crippen LogP contribution in [0.2, 0.25) is 0 Å². The van der Waals surface area contributed by atoms with Crippen LogP contribution < -0.4 is 5.73 Å². The van der Waals surface area contributed by atoms with Gasteiger partial charge in [0.2, 0.25) is 0 Å². The summed E-state index contributed by atoms with van der Waals surface area (Å²) in [6.07, 6.45) is -0.494. The molecule has 0 atom stereocenters. The molecule has 1 saturated carbocycles. The van der Waals surface area contributed by atoms with E-state index in [0.717, 1.165) is 38.4 Å². The number of morpholine rings is 1. The van der Waals surface area contributed by atoms with Crippen molar-refractivity contribution in [3.05, 3.63) is 35.4 Å². The second-order valence-corrected chi connectivity index (χ2v) is 5.95. The third-order valence-corrected chi connectivity index (χ3v) is 4.19. The monoisotopic (exact) mass is 282 g/mol. The van der Waals surface area contributed by atoms with E-state index in [0.29, 0.717) is 0 Å².